The minimum atomic E-state index is -3.28. The Kier molecular flexibility index (Phi) is 3.03. The van der Waals surface area contributed by atoms with Crippen molar-refractivity contribution >= 4 is 15.7 Å². The highest BCUT2D eigenvalue weighted by molar-refractivity contribution is 7.89. The Bertz CT molecular complexity index is 548. The monoisotopic (exact) mass is 266 g/mol. The van der Waals surface area contributed by atoms with Gasteiger partial charge in [0, 0.05) is 25.3 Å². The zero-order valence-electron chi connectivity index (χ0n) is 10.4. The summed E-state index contributed by atoms with van der Waals surface area (Å²) in [5.74, 6) is 0. The SMILES string of the molecule is O=S(=O)(c1ccc2c(c1)CCN2)N1CCCCC1. The van der Waals surface area contributed by atoms with E-state index < -0.39 is 10.0 Å². The number of piperidine rings is 1. The molecular weight excluding hydrogens is 248 g/mol. The molecule has 0 aromatic heterocycles. The molecule has 2 aliphatic rings. The summed E-state index contributed by atoms with van der Waals surface area (Å²) < 4.78 is 26.6. The second-order valence-electron chi connectivity index (χ2n) is 4.96. The lowest BCUT2D eigenvalue weighted by Crippen LogP contribution is -2.35. The van der Waals surface area contributed by atoms with Crippen LogP contribution in [0.4, 0.5) is 5.69 Å². The Hall–Kier alpha value is -1.07. The highest BCUT2D eigenvalue weighted by Crippen LogP contribution is 2.27. The smallest absolute Gasteiger partial charge is 0.243 e. The molecule has 2 heterocycles. The van der Waals surface area contributed by atoms with E-state index in [1.54, 1.807) is 10.4 Å². The molecule has 2 aliphatic heterocycles. The van der Waals surface area contributed by atoms with Gasteiger partial charge in [0.15, 0.2) is 0 Å². The fourth-order valence-corrected chi connectivity index (χ4v) is 4.26. The number of nitrogens with zero attached hydrogens (tertiary/aromatic N) is 1. The van der Waals surface area contributed by atoms with Crippen LogP contribution >= 0.6 is 0 Å². The van der Waals surface area contributed by atoms with E-state index in [0.717, 1.165) is 43.5 Å². The molecule has 1 fully saturated rings. The van der Waals surface area contributed by atoms with Crippen LogP contribution in [0.3, 0.4) is 0 Å². The molecule has 0 bridgehead atoms. The Labute approximate surface area is 108 Å². The average molecular weight is 266 g/mol. The van der Waals surface area contributed by atoms with Gasteiger partial charge in [-0.15, -0.1) is 0 Å². The first kappa shape index (κ1) is 12.0. The van der Waals surface area contributed by atoms with Crippen molar-refractivity contribution in [1.29, 1.82) is 0 Å². The van der Waals surface area contributed by atoms with Crippen molar-refractivity contribution in [2.45, 2.75) is 30.6 Å². The zero-order chi connectivity index (χ0) is 12.6. The minimum Gasteiger partial charge on any atom is -0.384 e. The fraction of sp³-hybridized carbons (Fsp3) is 0.538. The molecule has 0 spiro atoms. The number of hydrogen-bond donors (Lipinski definition) is 1. The summed E-state index contributed by atoms with van der Waals surface area (Å²) in [6.07, 6.45) is 4.01. The van der Waals surface area contributed by atoms with Gasteiger partial charge < -0.3 is 5.32 Å². The van der Waals surface area contributed by atoms with Crippen LogP contribution in [0.1, 0.15) is 24.8 Å². The van der Waals surface area contributed by atoms with Crippen molar-refractivity contribution in [3.8, 4) is 0 Å². The van der Waals surface area contributed by atoms with Crippen molar-refractivity contribution in [3.63, 3.8) is 0 Å². The Morgan fingerprint density at radius 1 is 1.11 bits per heavy atom. The maximum absolute atomic E-state index is 12.5. The van der Waals surface area contributed by atoms with Gasteiger partial charge in [0.25, 0.3) is 0 Å². The third-order valence-electron chi connectivity index (χ3n) is 3.74. The summed E-state index contributed by atoms with van der Waals surface area (Å²) in [7, 11) is -3.28. The highest BCUT2D eigenvalue weighted by atomic mass is 32.2. The van der Waals surface area contributed by atoms with Gasteiger partial charge >= 0.3 is 0 Å². The van der Waals surface area contributed by atoms with E-state index in [4.69, 9.17) is 0 Å². The molecule has 0 unspecified atom stereocenters. The quantitative estimate of drug-likeness (QED) is 0.888. The van der Waals surface area contributed by atoms with E-state index in [2.05, 4.69) is 5.32 Å². The summed E-state index contributed by atoms with van der Waals surface area (Å²) in [4.78, 5) is 0.451. The lowest BCUT2D eigenvalue weighted by molar-refractivity contribution is 0.346. The number of sulfonamides is 1. The van der Waals surface area contributed by atoms with Crippen LogP contribution in [0.25, 0.3) is 0 Å². The van der Waals surface area contributed by atoms with Crippen LogP contribution in [0.2, 0.25) is 0 Å². The standard InChI is InChI=1S/C13H18N2O2S/c16-18(17,15-8-2-1-3-9-15)12-4-5-13-11(10-12)6-7-14-13/h4-5,10,14H,1-3,6-9H2. The van der Waals surface area contributed by atoms with Gasteiger partial charge in [-0.3, -0.25) is 0 Å². The van der Waals surface area contributed by atoms with E-state index in [-0.39, 0.29) is 0 Å². The van der Waals surface area contributed by atoms with E-state index in [0.29, 0.717) is 18.0 Å². The molecule has 4 nitrogen and oxygen atoms in total. The van der Waals surface area contributed by atoms with Crippen LogP contribution in [0.5, 0.6) is 0 Å². The summed E-state index contributed by atoms with van der Waals surface area (Å²) in [6.45, 7) is 2.23. The van der Waals surface area contributed by atoms with Crippen LogP contribution in [-0.4, -0.2) is 32.4 Å². The predicted molar refractivity (Wildman–Crippen MR) is 71.2 cm³/mol. The van der Waals surface area contributed by atoms with Gasteiger partial charge in [-0.2, -0.15) is 4.31 Å². The van der Waals surface area contributed by atoms with Crippen molar-refractivity contribution in [1.82, 2.24) is 4.31 Å². The van der Waals surface area contributed by atoms with Gasteiger partial charge in [-0.05, 0) is 43.0 Å². The third-order valence-corrected chi connectivity index (χ3v) is 5.63. The number of benzene rings is 1. The fourth-order valence-electron chi connectivity index (χ4n) is 2.70. The van der Waals surface area contributed by atoms with Crippen molar-refractivity contribution < 1.29 is 8.42 Å². The number of rotatable bonds is 2. The van der Waals surface area contributed by atoms with Crippen molar-refractivity contribution in [2.24, 2.45) is 0 Å². The van der Waals surface area contributed by atoms with Gasteiger partial charge in [0.1, 0.15) is 0 Å². The van der Waals surface area contributed by atoms with E-state index in [1.165, 1.54) is 0 Å². The molecular formula is C13H18N2O2S. The summed E-state index contributed by atoms with van der Waals surface area (Å²) in [6, 6.07) is 5.44. The summed E-state index contributed by atoms with van der Waals surface area (Å²) in [5.41, 5.74) is 2.20. The summed E-state index contributed by atoms with van der Waals surface area (Å²) in [5, 5.41) is 3.25. The molecule has 0 aliphatic carbocycles. The second kappa shape index (κ2) is 4.55. The zero-order valence-corrected chi connectivity index (χ0v) is 11.2. The molecule has 0 radical (unpaired) electrons. The second-order valence-corrected chi connectivity index (χ2v) is 6.90. The van der Waals surface area contributed by atoms with Gasteiger partial charge in [0.2, 0.25) is 10.0 Å². The average Bonchev–Trinajstić information content (AvgIpc) is 2.87. The van der Waals surface area contributed by atoms with Crippen molar-refractivity contribution in [3.05, 3.63) is 23.8 Å². The van der Waals surface area contributed by atoms with Crippen LogP contribution in [-0.2, 0) is 16.4 Å². The van der Waals surface area contributed by atoms with Crippen LogP contribution < -0.4 is 5.32 Å². The van der Waals surface area contributed by atoms with Gasteiger partial charge in [-0.25, -0.2) is 8.42 Å². The molecule has 3 rings (SSSR count). The lowest BCUT2D eigenvalue weighted by Gasteiger charge is -2.26. The Balaban J connectivity index is 1.93. The molecule has 1 aromatic carbocycles. The van der Waals surface area contributed by atoms with E-state index >= 15 is 0 Å². The molecule has 0 atom stereocenters. The molecule has 1 saturated heterocycles. The lowest BCUT2D eigenvalue weighted by atomic mass is 10.2. The number of fused-ring (bicyclic) bond motifs is 1. The molecule has 1 aromatic rings. The first-order valence-corrected chi connectivity index (χ1v) is 7.99. The molecule has 0 saturated carbocycles. The third kappa shape index (κ3) is 2.01. The van der Waals surface area contributed by atoms with Gasteiger partial charge in [0.05, 0.1) is 4.90 Å². The van der Waals surface area contributed by atoms with E-state index in [9.17, 15) is 8.42 Å². The summed E-state index contributed by atoms with van der Waals surface area (Å²) >= 11 is 0. The maximum atomic E-state index is 12.5. The maximum Gasteiger partial charge on any atom is 0.243 e. The van der Waals surface area contributed by atoms with E-state index in [1.807, 2.05) is 12.1 Å². The van der Waals surface area contributed by atoms with Crippen LogP contribution in [0.15, 0.2) is 23.1 Å². The van der Waals surface area contributed by atoms with Crippen molar-refractivity contribution in [2.75, 3.05) is 25.0 Å². The largest absolute Gasteiger partial charge is 0.384 e. The predicted octanol–water partition coefficient (Wildman–Crippen LogP) is 1.83. The molecule has 18 heavy (non-hydrogen) atoms. The first-order chi connectivity index (χ1) is 8.68. The molecule has 1 N–H and O–H groups in total. The number of nitrogens with one attached hydrogen (secondary N) is 1. The number of hydrogen-bond acceptors (Lipinski definition) is 3. The van der Waals surface area contributed by atoms with Crippen LogP contribution in [0, 0.1) is 0 Å². The first-order valence-electron chi connectivity index (χ1n) is 6.55. The highest BCUT2D eigenvalue weighted by Gasteiger charge is 2.26. The Morgan fingerprint density at radius 2 is 1.89 bits per heavy atom. The minimum absolute atomic E-state index is 0.451. The number of anilines is 1. The molecule has 98 valence electrons. The normalized spacial score (nSPS) is 20.4. The van der Waals surface area contributed by atoms with Gasteiger partial charge in [-0.1, -0.05) is 6.42 Å². The topological polar surface area (TPSA) is 49.4 Å². The molecule has 0 amide bonds. The molecule has 5 heteroatoms. The Morgan fingerprint density at radius 3 is 2.67 bits per heavy atom.